The Hall–Kier alpha value is -1.55. The number of rotatable bonds is 4. The van der Waals surface area contributed by atoms with Crippen LogP contribution in [0.2, 0.25) is 0 Å². The first kappa shape index (κ1) is 9.98. The quantitative estimate of drug-likeness (QED) is 0.827. The molecule has 0 unspecified atom stereocenters. The van der Waals surface area contributed by atoms with Gasteiger partial charge in [0, 0.05) is 30.9 Å². The molecule has 0 aromatic carbocycles. The third-order valence-electron chi connectivity index (χ3n) is 2.26. The van der Waals surface area contributed by atoms with Gasteiger partial charge in [0.05, 0.1) is 18.2 Å². The van der Waals surface area contributed by atoms with Crippen molar-refractivity contribution in [3.05, 3.63) is 30.4 Å². The van der Waals surface area contributed by atoms with Crippen LogP contribution in [0.5, 0.6) is 0 Å². The molecule has 0 saturated heterocycles. The summed E-state index contributed by atoms with van der Waals surface area (Å²) in [5.74, 6) is 0. The van der Waals surface area contributed by atoms with Crippen LogP contribution >= 0.6 is 0 Å². The summed E-state index contributed by atoms with van der Waals surface area (Å²) in [6, 6.07) is 1.93. The van der Waals surface area contributed by atoms with Crippen molar-refractivity contribution in [2.24, 2.45) is 7.05 Å². The van der Waals surface area contributed by atoms with Gasteiger partial charge in [-0.3, -0.25) is 4.68 Å². The van der Waals surface area contributed by atoms with Crippen LogP contribution in [-0.4, -0.2) is 16.3 Å². The number of furan rings is 1. The molecule has 2 aromatic heterocycles. The van der Waals surface area contributed by atoms with E-state index >= 15 is 0 Å². The van der Waals surface area contributed by atoms with Gasteiger partial charge in [0.2, 0.25) is 0 Å². The second kappa shape index (κ2) is 4.31. The van der Waals surface area contributed by atoms with E-state index in [2.05, 4.69) is 17.3 Å². The van der Waals surface area contributed by atoms with E-state index in [0.29, 0.717) is 0 Å². The van der Waals surface area contributed by atoms with Crippen LogP contribution < -0.4 is 5.32 Å². The van der Waals surface area contributed by atoms with Gasteiger partial charge in [0.25, 0.3) is 0 Å². The minimum absolute atomic E-state index is 0.838. The molecular formula is C11H15N3O. The third-order valence-corrected chi connectivity index (χ3v) is 2.26. The van der Waals surface area contributed by atoms with Crippen molar-refractivity contribution in [3.8, 4) is 11.3 Å². The minimum Gasteiger partial charge on any atom is -0.472 e. The molecule has 0 atom stereocenters. The fourth-order valence-electron chi connectivity index (χ4n) is 1.57. The molecule has 0 amide bonds. The molecule has 0 radical (unpaired) electrons. The maximum absolute atomic E-state index is 5.07. The van der Waals surface area contributed by atoms with Crippen molar-refractivity contribution in [1.82, 2.24) is 15.1 Å². The van der Waals surface area contributed by atoms with E-state index in [0.717, 1.165) is 24.3 Å². The lowest BCUT2D eigenvalue weighted by atomic mass is 10.1. The molecule has 0 bridgehead atoms. The molecule has 1 N–H and O–H groups in total. The Labute approximate surface area is 88.9 Å². The minimum atomic E-state index is 0.838. The van der Waals surface area contributed by atoms with Crippen LogP contribution in [-0.2, 0) is 13.6 Å². The van der Waals surface area contributed by atoms with Crippen molar-refractivity contribution in [2.45, 2.75) is 13.5 Å². The van der Waals surface area contributed by atoms with E-state index in [1.54, 1.807) is 12.5 Å². The highest BCUT2D eigenvalue weighted by atomic mass is 16.3. The molecule has 4 heteroatoms. The predicted octanol–water partition coefficient (Wildman–Crippen LogP) is 1.79. The van der Waals surface area contributed by atoms with Crippen molar-refractivity contribution in [2.75, 3.05) is 6.54 Å². The Bertz CT molecular complexity index is 417. The lowest BCUT2D eigenvalue weighted by Gasteiger charge is -1.99. The van der Waals surface area contributed by atoms with E-state index in [1.807, 2.05) is 24.0 Å². The highest BCUT2D eigenvalue weighted by Crippen LogP contribution is 2.21. The average Bonchev–Trinajstić information content (AvgIpc) is 2.83. The maximum Gasteiger partial charge on any atom is 0.1000 e. The lowest BCUT2D eigenvalue weighted by Crippen LogP contribution is -2.11. The normalized spacial score (nSPS) is 10.8. The molecule has 2 heterocycles. The van der Waals surface area contributed by atoms with Crippen molar-refractivity contribution < 1.29 is 4.42 Å². The smallest absolute Gasteiger partial charge is 0.1000 e. The van der Waals surface area contributed by atoms with Gasteiger partial charge in [0.15, 0.2) is 0 Å². The van der Waals surface area contributed by atoms with E-state index in [9.17, 15) is 0 Å². The second-order valence-electron chi connectivity index (χ2n) is 3.47. The molecule has 0 aliphatic rings. The molecule has 0 fully saturated rings. The SMILES string of the molecule is CCNCc1cn(C)nc1-c1ccoc1. The summed E-state index contributed by atoms with van der Waals surface area (Å²) in [5, 5.41) is 7.72. The monoisotopic (exact) mass is 205 g/mol. The van der Waals surface area contributed by atoms with Gasteiger partial charge >= 0.3 is 0 Å². The Balaban J connectivity index is 2.29. The molecule has 15 heavy (non-hydrogen) atoms. The fraction of sp³-hybridized carbons (Fsp3) is 0.364. The van der Waals surface area contributed by atoms with Gasteiger partial charge in [-0.05, 0) is 12.6 Å². The summed E-state index contributed by atoms with van der Waals surface area (Å²) < 4.78 is 6.90. The van der Waals surface area contributed by atoms with Crippen LogP contribution in [0.3, 0.4) is 0 Å². The number of aryl methyl sites for hydroxylation is 1. The lowest BCUT2D eigenvalue weighted by molar-refractivity contribution is 0.568. The zero-order valence-electron chi connectivity index (χ0n) is 9.03. The van der Waals surface area contributed by atoms with Gasteiger partial charge < -0.3 is 9.73 Å². The number of nitrogens with one attached hydrogen (secondary N) is 1. The predicted molar refractivity (Wildman–Crippen MR) is 58.3 cm³/mol. The van der Waals surface area contributed by atoms with Gasteiger partial charge in [-0.25, -0.2) is 0 Å². The van der Waals surface area contributed by atoms with E-state index in [1.165, 1.54) is 5.56 Å². The molecule has 4 nitrogen and oxygen atoms in total. The summed E-state index contributed by atoms with van der Waals surface area (Å²) in [4.78, 5) is 0. The van der Waals surface area contributed by atoms with Crippen molar-refractivity contribution >= 4 is 0 Å². The molecule has 0 aliphatic carbocycles. The topological polar surface area (TPSA) is 43.0 Å². The van der Waals surface area contributed by atoms with Crippen molar-refractivity contribution in [3.63, 3.8) is 0 Å². The highest BCUT2D eigenvalue weighted by molar-refractivity contribution is 5.61. The summed E-state index contributed by atoms with van der Waals surface area (Å²) in [7, 11) is 1.93. The Kier molecular flexibility index (Phi) is 2.87. The molecule has 0 saturated carbocycles. The van der Waals surface area contributed by atoms with Crippen LogP contribution in [0.25, 0.3) is 11.3 Å². The standard InChI is InChI=1S/C11H15N3O/c1-3-12-6-10-7-14(2)13-11(10)9-4-5-15-8-9/h4-5,7-8,12H,3,6H2,1-2H3. The van der Waals surface area contributed by atoms with E-state index in [-0.39, 0.29) is 0 Å². The number of hydrogen-bond donors (Lipinski definition) is 1. The van der Waals surface area contributed by atoms with Crippen LogP contribution in [0.15, 0.2) is 29.2 Å². The van der Waals surface area contributed by atoms with Crippen LogP contribution in [0.1, 0.15) is 12.5 Å². The fourth-order valence-corrected chi connectivity index (χ4v) is 1.57. The Morgan fingerprint density at radius 1 is 1.53 bits per heavy atom. The van der Waals surface area contributed by atoms with Gasteiger partial charge in [-0.15, -0.1) is 0 Å². The second-order valence-corrected chi connectivity index (χ2v) is 3.47. The van der Waals surface area contributed by atoms with Crippen molar-refractivity contribution in [1.29, 1.82) is 0 Å². The van der Waals surface area contributed by atoms with Crippen LogP contribution in [0, 0.1) is 0 Å². The largest absolute Gasteiger partial charge is 0.472 e. The third kappa shape index (κ3) is 2.10. The molecule has 0 aliphatic heterocycles. The Morgan fingerprint density at radius 2 is 2.40 bits per heavy atom. The highest BCUT2D eigenvalue weighted by Gasteiger charge is 2.10. The van der Waals surface area contributed by atoms with E-state index in [4.69, 9.17) is 4.42 Å². The molecule has 0 spiro atoms. The number of aromatic nitrogens is 2. The summed E-state index contributed by atoms with van der Waals surface area (Å²) in [5.41, 5.74) is 3.22. The first-order chi connectivity index (χ1) is 7.31. The van der Waals surface area contributed by atoms with Crippen LogP contribution in [0.4, 0.5) is 0 Å². The maximum atomic E-state index is 5.07. The average molecular weight is 205 g/mol. The number of nitrogens with zero attached hydrogens (tertiary/aromatic N) is 2. The first-order valence-corrected chi connectivity index (χ1v) is 5.07. The van der Waals surface area contributed by atoms with Gasteiger partial charge in [0.1, 0.15) is 0 Å². The van der Waals surface area contributed by atoms with Gasteiger partial charge in [-0.2, -0.15) is 5.10 Å². The number of hydrogen-bond acceptors (Lipinski definition) is 3. The summed E-state index contributed by atoms with van der Waals surface area (Å²) in [6.07, 6.45) is 5.42. The zero-order chi connectivity index (χ0) is 10.7. The first-order valence-electron chi connectivity index (χ1n) is 5.07. The zero-order valence-corrected chi connectivity index (χ0v) is 9.03. The van der Waals surface area contributed by atoms with Gasteiger partial charge in [-0.1, -0.05) is 6.92 Å². The molecule has 2 aromatic rings. The molecule has 2 rings (SSSR count). The Morgan fingerprint density at radius 3 is 3.07 bits per heavy atom. The van der Waals surface area contributed by atoms with E-state index < -0.39 is 0 Å². The summed E-state index contributed by atoms with van der Waals surface area (Å²) >= 11 is 0. The molecule has 80 valence electrons. The summed E-state index contributed by atoms with van der Waals surface area (Å²) in [6.45, 7) is 3.89. The molecular weight excluding hydrogens is 190 g/mol.